The van der Waals surface area contributed by atoms with Gasteiger partial charge in [0.2, 0.25) is 0 Å². The first-order valence-corrected chi connectivity index (χ1v) is 19.5. The lowest BCUT2D eigenvalue weighted by molar-refractivity contribution is -0.0806. The Labute approximate surface area is 295 Å². The van der Waals surface area contributed by atoms with Gasteiger partial charge in [-0.1, -0.05) is 172 Å². The number of rotatable bonds is 18. The molecule has 0 aliphatic heterocycles. The molecule has 0 amide bonds. The van der Waals surface area contributed by atoms with Crippen molar-refractivity contribution in [1.82, 2.24) is 0 Å². The molecule has 5 rings (SSSR count). The standard InChI is InChI=1S/C44H52O4Si/c1-43(2,3)49(41-29-16-8-17-30-41,42-31-18-9-19-32-42)48-35-33-40(46-36-45-4)28-20-21-34-47-44(37-22-10-5-11-23-37,38-24-12-6-13-25-38)39-26-14-7-15-27-39/h5-19,22-27,29-32,40H,20-21,28,33-36H2,1-4H3/t40-/m1/s1. The first-order valence-electron chi connectivity index (χ1n) is 17.6. The van der Waals surface area contributed by atoms with Crippen LogP contribution in [0, 0.1) is 0 Å². The van der Waals surface area contributed by atoms with E-state index < -0.39 is 13.9 Å². The molecule has 0 unspecified atom stereocenters. The molecule has 0 fully saturated rings. The molecule has 5 aromatic carbocycles. The van der Waals surface area contributed by atoms with Crippen molar-refractivity contribution in [2.45, 2.75) is 63.2 Å². The Hall–Kier alpha value is -3.84. The van der Waals surface area contributed by atoms with Crippen LogP contribution in [-0.2, 0) is 24.2 Å². The SMILES string of the molecule is COCO[C@H](CCCCOC(c1ccccc1)(c1ccccc1)c1ccccc1)CCO[Si](c1ccccc1)(c1ccccc1)C(C)(C)C. The molecule has 256 valence electrons. The Morgan fingerprint density at radius 3 is 1.37 bits per heavy atom. The molecular weight excluding hydrogens is 621 g/mol. The van der Waals surface area contributed by atoms with E-state index in [-0.39, 0.29) is 17.9 Å². The van der Waals surface area contributed by atoms with Crippen LogP contribution in [0.25, 0.3) is 0 Å². The number of hydrogen-bond donors (Lipinski definition) is 0. The van der Waals surface area contributed by atoms with Crippen LogP contribution in [-0.4, -0.2) is 41.5 Å². The van der Waals surface area contributed by atoms with E-state index in [0.29, 0.717) is 13.2 Å². The highest BCUT2D eigenvalue weighted by molar-refractivity contribution is 6.99. The predicted octanol–water partition coefficient (Wildman–Crippen LogP) is 9.12. The summed E-state index contributed by atoms with van der Waals surface area (Å²) in [4.78, 5) is 0. The Morgan fingerprint density at radius 1 is 0.531 bits per heavy atom. The Kier molecular flexibility index (Phi) is 13.2. The fraction of sp³-hybridized carbons (Fsp3) is 0.318. The van der Waals surface area contributed by atoms with Crippen molar-refractivity contribution in [3.63, 3.8) is 0 Å². The van der Waals surface area contributed by atoms with Gasteiger partial charge in [0.05, 0.1) is 6.10 Å². The molecule has 4 nitrogen and oxygen atoms in total. The normalized spacial score (nSPS) is 12.9. The lowest BCUT2D eigenvalue weighted by Crippen LogP contribution is -2.66. The molecule has 0 N–H and O–H groups in total. The maximum absolute atomic E-state index is 7.19. The zero-order valence-electron chi connectivity index (χ0n) is 29.6. The van der Waals surface area contributed by atoms with Crippen LogP contribution in [0.3, 0.4) is 0 Å². The third kappa shape index (κ3) is 8.67. The largest absolute Gasteiger partial charge is 0.407 e. The smallest absolute Gasteiger partial charge is 0.261 e. The van der Waals surface area contributed by atoms with E-state index in [1.807, 2.05) is 0 Å². The van der Waals surface area contributed by atoms with Crippen LogP contribution in [0.4, 0.5) is 0 Å². The van der Waals surface area contributed by atoms with E-state index >= 15 is 0 Å². The van der Waals surface area contributed by atoms with E-state index in [0.717, 1.165) is 42.4 Å². The predicted molar refractivity (Wildman–Crippen MR) is 204 cm³/mol. The van der Waals surface area contributed by atoms with E-state index in [4.69, 9.17) is 18.6 Å². The number of benzene rings is 5. The average molecular weight is 673 g/mol. The number of methoxy groups -OCH3 is 1. The zero-order valence-corrected chi connectivity index (χ0v) is 30.6. The van der Waals surface area contributed by atoms with Gasteiger partial charge in [-0.05, 0) is 57.8 Å². The number of hydrogen-bond acceptors (Lipinski definition) is 4. The van der Waals surface area contributed by atoms with Crippen LogP contribution >= 0.6 is 0 Å². The molecule has 1 atom stereocenters. The molecule has 0 spiro atoms. The van der Waals surface area contributed by atoms with Crippen molar-refractivity contribution >= 4 is 18.7 Å². The van der Waals surface area contributed by atoms with Gasteiger partial charge >= 0.3 is 0 Å². The zero-order chi connectivity index (χ0) is 34.4. The van der Waals surface area contributed by atoms with Crippen molar-refractivity contribution in [1.29, 1.82) is 0 Å². The summed E-state index contributed by atoms with van der Waals surface area (Å²) in [5.74, 6) is 0. The van der Waals surface area contributed by atoms with Gasteiger partial charge in [-0.15, -0.1) is 0 Å². The van der Waals surface area contributed by atoms with Gasteiger partial charge in [0.25, 0.3) is 8.32 Å². The van der Waals surface area contributed by atoms with Crippen LogP contribution in [0.1, 0.15) is 63.1 Å². The summed E-state index contributed by atoms with van der Waals surface area (Å²) in [6.45, 7) is 8.43. The van der Waals surface area contributed by atoms with Crippen LogP contribution in [0.5, 0.6) is 0 Å². The first kappa shape index (κ1) is 36.4. The van der Waals surface area contributed by atoms with Gasteiger partial charge in [-0.25, -0.2) is 0 Å². The minimum absolute atomic E-state index is 0.0142. The second-order valence-corrected chi connectivity index (χ2v) is 17.9. The summed E-state index contributed by atoms with van der Waals surface area (Å²) in [5, 5.41) is 2.51. The van der Waals surface area contributed by atoms with Gasteiger partial charge in [-0.3, -0.25) is 0 Å². The topological polar surface area (TPSA) is 36.9 Å². The molecule has 0 saturated heterocycles. The van der Waals surface area contributed by atoms with Crippen molar-refractivity contribution in [2.24, 2.45) is 0 Å². The second kappa shape index (κ2) is 17.7. The van der Waals surface area contributed by atoms with Gasteiger partial charge < -0.3 is 18.6 Å². The Bertz CT molecular complexity index is 1490. The fourth-order valence-corrected chi connectivity index (χ4v) is 11.6. The Balaban J connectivity index is 1.29. The van der Waals surface area contributed by atoms with Crippen LogP contribution in [0.2, 0.25) is 5.04 Å². The van der Waals surface area contributed by atoms with E-state index in [9.17, 15) is 0 Å². The number of ether oxygens (including phenoxy) is 3. The van der Waals surface area contributed by atoms with Gasteiger partial charge in [-0.2, -0.15) is 0 Å². The van der Waals surface area contributed by atoms with Crippen LogP contribution in [0.15, 0.2) is 152 Å². The minimum atomic E-state index is -2.62. The molecule has 0 aromatic heterocycles. The maximum Gasteiger partial charge on any atom is 0.261 e. The van der Waals surface area contributed by atoms with Gasteiger partial charge in [0.1, 0.15) is 12.4 Å². The maximum atomic E-state index is 7.19. The third-order valence-electron chi connectivity index (χ3n) is 9.38. The van der Waals surface area contributed by atoms with Gasteiger partial charge in [0, 0.05) is 20.3 Å². The highest BCUT2D eigenvalue weighted by atomic mass is 28.4. The quantitative estimate of drug-likeness (QED) is 0.0403. The molecule has 0 radical (unpaired) electrons. The van der Waals surface area contributed by atoms with Crippen molar-refractivity contribution in [3.8, 4) is 0 Å². The summed E-state index contributed by atoms with van der Waals surface area (Å²) in [5.41, 5.74) is 2.65. The highest BCUT2D eigenvalue weighted by Crippen LogP contribution is 2.41. The Morgan fingerprint density at radius 2 is 0.959 bits per heavy atom. The third-order valence-corrected chi connectivity index (χ3v) is 14.4. The molecule has 49 heavy (non-hydrogen) atoms. The number of unbranched alkanes of at least 4 members (excludes halogenated alkanes) is 1. The summed E-state index contributed by atoms with van der Waals surface area (Å²) in [6, 6.07) is 53.3. The lowest BCUT2D eigenvalue weighted by Gasteiger charge is -2.43. The summed E-state index contributed by atoms with van der Waals surface area (Å²) < 4.78 is 25.8. The summed E-state index contributed by atoms with van der Waals surface area (Å²) >= 11 is 0. The van der Waals surface area contributed by atoms with Crippen molar-refractivity contribution < 1.29 is 18.6 Å². The fourth-order valence-electron chi connectivity index (χ4n) is 7.05. The highest BCUT2D eigenvalue weighted by Gasteiger charge is 2.50. The van der Waals surface area contributed by atoms with E-state index in [1.54, 1.807) is 7.11 Å². The summed E-state index contributed by atoms with van der Waals surface area (Å²) in [6.07, 6.45) is 3.56. The van der Waals surface area contributed by atoms with Crippen molar-refractivity contribution in [3.05, 3.63) is 168 Å². The van der Waals surface area contributed by atoms with E-state index in [2.05, 4.69) is 172 Å². The van der Waals surface area contributed by atoms with E-state index in [1.165, 1.54) is 10.4 Å². The molecule has 0 heterocycles. The average Bonchev–Trinajstić information content (AvgIpc) is 3.15. The molecular formula is C44H52O4Si. The molecule has 5 heteroatoms. The molecule has 0 bridgehead atoms. The monoisotopic (exact) mass is 672 g/mol. The molecule has 0 aliphatic rings. The first-order chi connectivity index (χ1) is 23.9. The molecule has 0 saturated carbocycles. The van der Waals surface area contributed by atoms with Gasteiger partial charge in [0.15, 0.2) is 0 Å². The summed E-state index contributed by atoms with van der Waals surface area (Å²) in [7, 11) is -0.935. The lowest BCUT2D eigenvalue weighted by atomic mass is 9.80. The molecule has 5 aromatic rings. The molecule has 0 aliphatic carbocycles. The minimum Gasteiger partial charge on any atom is -0.407 e. The van der Waals surface area contributed by atoms with Crippen molar-refractivity contribution in [2.75, 3.05) is 27.1 Å². The second-order valence-electron chi connectivity index (χ2n) is 13.6. The van der Waals surface area contributed by atoms with Crippen LogP contribution < -0.4 is 10.4 Å².